The summed E-state index contributed by atoms with van der Waals surface area (Å²) in [5, 5.41) is 0. The Balaban J connectivity index is 2.42. The first kappa shape index (κ1) is 19.3. The van der Waals surface area contributed by atoms with Crippen LogP contribution in [-0.2, 0) is 28.9 Å². The Hall–Kier alpha value is -2.07. The SMILES string of the molecule is O=S(=O)(NCc1ccccc1)c1cc(C(F)(F)F)cc(C(F)(F)F)c1. The first-order valence-corrected chi connectivity index (χ1v) is 8.21. The van der Waals surface area contributed by atoms with Gasteiger partial charge in [-0.2, -0.15) is 26.3 Å². The van der Waals surface area contributed by atoms with Crippen LogP contribution in [-0.4, -0.2) is 8.42 Å². The molecule has 25 heavy (non-hydrogen) atoms. The third kappa shape index (κ3) is 4.95. The highest BCUT2D eigenvalue weighted by Gasteiger charge is 2.38. The number of hydrogen-bond acceptors (Lipinski definition) is 2. The Morgan fingerprint density at radius 3 is 1.72 bits per heavy atom. The van der Waals surface area contributed by atoms with Crippen LogP contribution in [0.2, 0.25) is 0 Å². The summed E-state index contributed by atoms with van der Waals surface area (Å²) >= 11 is 0. The van der Waals surface area contributed by atoms with Crippen molar-refractivity contribution in [2.45, 2.75) is 23.8 Å². The molecule has 0 heterocycles. The number of hydrogen-bond donors (Lipinski definition) is 1. The largest absolute Gasteiger partial charge is 0.416 e. The van der Waals surface area contributed by atoms with E-state index in [4.69, 9.17) is 0 Å². The second-order valence-electron chi connectivity index (χ2n) is 5.05. The van der Waals surface area contributed by atoms with Crippen LogP contribution in [0, 0.1) is 0 Å². The fourth-order valence-corrected chi connectivity index (χ4v) is 3.03. The Morgan fingerprint density at radius 1 is 0.800 bits per heavy atom. The molecule has 0 aliphatic heterocycles. The number of nitrogens with one attached hydrogen (secondary N) is 1. The maximum absolute atomic E-state index is 12.8. The minimum absolute atomic E-state index is 0.129. The van der Waals surface area contributed by atoms with E-state index in [0.717, 1.165) is 0 Å². The topological polar surface area (TPSA) is 46.2 Å². The van der Waals surface area contributed by atoms with Crippen LogP contribution in [0.25, 0.3) is 0 Å². The van der Waals surface area contributed by atoms with Crippen LogP contribution >= 0.6 is 0 Å². The molecule has 136 valence electrons. The van der Waals surface area contributed by atoms with Crippen LogP contribution in [0.5, 0.6) is 0 Å². The monoisotopic (exact) mass is 383 g/mol. The molecule has 0 fully saturated rings. The number of halogens is 6. The Kier molecular flexibility index (Phi) is 5.14. The maximum Gasteiger partial charge on any atom is 0.416 e. The third-order valence-corrected chi connectivity index (χ3v) is 4.56. The van der Waals surface area contributed by atoms with E-state index in [0.29, 0.717) is 5.56 Å². The van der Waals surface area contributed by atoms with Gasteiger partial charge >= 0.3 is 12.4 Å². The van der Waals surface area contributed by atoms with Crippen LogP contribution < -0.4 is 4.72 Å². The molecule has 0 aromatic heterocycles. The van der Waals surface area contributed by atoms with E-state index in [1.165, 1.54) is 0 Å². The van der Waals surface area contributed by atoms with E-state index >= 15 is 0 Å². The zero-order valence-electron chi connectivity index (χ0n) is 12.3. The lowest BCUT2D eigenvalue weighted by atomic mass is 10.1. The second-order valence-corrected chi connectivity index (χ2v) is 6.82. The first-order chi connectivity index (χ1) is 11.4. The predicted octanol–water partition coefficient (Wildman–Crippen LogP) is 4.20. The zero-order valence-corrected chi connectivity index (χ0v) is 13.1. The van der Waals surface area contributed by atoms with Crippen molar-refractivity contribution >= 4 is 10.0 Å². The van der Waals surface area contributed by atoms with Crippen molar-refractivity contribution in [3.8, 4) is 0 Å². The normalized spacial score (nSPS) is 13.0. The van der Waals surface area contributed by atoms with Crippen molar-refractivity contribution in [1.29, 1.82) is 0 Å². The summed E-state index contributed by atoms with van der Waals surface area (Å²) in [7, 11) is -4.57. The number of sulfonamides is 1. The molecule has 0 unspecified atom stereocenters. The fourth-order valence-electron chi connectivity index (χ4n) is 1.94. The molecule has 0 atom stereocenters. The molecule has 0 saturated heterocycles. The van der Waals surface area contributed by atoms with Gasteiger partial charge in [-0.1, -0.05) is 30.3 Å². The molecule has 3 nitrogen and oxygen atoms in total. The summed E-state index contributed by atoms with van der Waals surface area (Å²) in [6.07, 6.45) is -10.2. The van der Waals surface area contributed by atoms with Crippen molar-refractivity contribution in [1.82, 2.24) is 4.72 Å². The molecule has 2 rings (SSSR count). The zero-order chi connectivity index (χ0) is 18.9. The molecular formula is C15H11F6NO2S. The third-order valence-electron chi connectivity index (χ3n) is 3.18. The summed E-state index contributed by atoms with van der Waals surface area (Å²) in [5.41, 5.74) is -2.89. The number of alkyl halides is 6. The summed E-state index contributed by atoms with van der Waals surface area (Å²) in [4.78, 5) is -1.11. The highest BCUT2D eigenvalue weighted by molar-refractivity contribution is 7.89. The molecule has 0 spiro atoms. The molecular weight excluding hydrogens is 372 g/mol. The van der Waals surface area contributed by atoms with E-state index in [1.54, 1.807) is 30.3 Å². The van der Waals surface area contributed by atoms with Gasteiger partial charge in [-0.15, -0.1) is 0 Å². The van der Waals surface area contributed by atoms with E-state index in [-0.39, 0.29) is 24.7 Å². The summed E-state index contributed by atoms with van der Waals surface area (Å²) < 4.78 is 103. The summed E-state index contributed by atoms with van der Waals surface area (Å²) in [6.45, 7) is -0.277. The fraction of sp³-hybridized carbons (Fsp3) is 0.200. The van der Waals surface area contributed by atoms with Gasteiger partial charge in [-0.3, -0.25) is 0 Å². The Bertz CT molecular complexity index is 812. The lowest BCUT2D eigenvalue weighted by Crippen LogP contribution is -2.24. The average molecular weight is 383 g/mol. The molecule has 10 heteroatoms. The molecule has 1 N–H and O–H groups in total. The average Bonchev–Trinajstić information content (AvgIpc) is 2.52. The van der Waals surface area contributed by atoms with Gasteiger partial charge in [0.1, 0.15) is 0 Å². The second kappa shape index (κ2) is 6.68. The van der Waals surface area contributed by atoms with Crippen molar-refractivity contribution in [3.63, 3.8) is 0 Å². The van der Waals surface area contributed by atoms with Gasteiger partial charge in [-0.25, -0.2) is 13.1 Å². The van der Waals surface area contributed by atoms with Crippen LogP contribution in [0.3, 0.4) is 0 Å². The predicted molar refractivity (Wildman–Crippen MR) is 76.9 cm³/mol. The molecule has 0 radical (unpaired) electrons. The molecule has 2 aromatic carbocycles. The van der Waals surface area contributed by atoms with Crippen LogP contribution in [0.4, 0.5) is 26.3 Å². The highest BCUT2D eigenvalue weighted by Crippen LogP contribution is 2.37. The number of rotatable bonds is 4. The Labute approximate surface area is 139 Å². The summed E-state index contributed by atoms with van der Waals surface area (Å²) in [6, 6.07) is 8.19. The van der Waals surface area contributed by atoms with Gasteiger partial charge in [-0.05, 0) is 23.8 Å². The van der Waals surface area contributed by atoms with Gasteiger partial charge in [0.15, 0.2) is 0 Å². The quantitative estimate of drug-likeness (QED) is 0.805. The molecule has 2 aromatic rings. The minimum Gasteiger partial charge on any atom is -0.207 e. The van der Waals surface area contributed by atoms with Gasteiger partial charge in [0.25, 0.3) is 0 Å². The van der Waals surface area contributed by atoms with E-state index < -0.39 is 38.4 Å². The lowest BCUT2D eigenvalue weighted by molar-refractivity contribution is -0.143. The smallest absolute Gasteiger partial charge is 0.207 e. The molecule has 0 bridgehead atoms. The molecule has 0 aliphatic rings. The van der Waals surface area contributed by atoms with Crippen molar-refractivity contribution < 1.29 is 34.8 Å². The van der Waals surface area contributed by atoms with E-state index in [1.807, 2.05) is 4.72 Å². The van der Waals surface area contributed by atoms with Gasteiger partial charge in [0.05, 0.1) is 16.0 Å². The minimum atomic E-state index is -5.12. The Morgan fingerprint density at radius 2 is 1.28 bits per heavy atom. The maximum atomic E-state index is 12.8. The molecule has 0 amide bonds. The van der Waals surface area contributed by atoms with Gasteiger partial charge in [0, 0.05) is 6.54 Å². The van der Waals surface area contributed by atoms with E-state index in [9.17, 15) is 34.8 Å². The molecule has 0 aliphatic carbocycles. The first-order valence-electron chi connectivity index (χ1n) is 6.73. The molecule has 0 saturated carbocycles. The highest BCUT2D eigenvalue weighted by atomic mass is 32.2. The van der Waals surface area contributed by atoms with Crippen molar-refractivity contribution in [2.24, 2.45) is 0 Å². The van der Waals surface area contributed by atoms with Crippen molar-refractivity contribution in [2.75, 3.05) is 0 Å². The standard InChI is InChI=1S/C15H11F6NO2S/c16-14(17,18)11-6-12(15(19,20)21)8-13(7-11)25(23,24)22-9-10-4-2-1-3-5-10/h1-8,22H,9H2. The van der Waals surface area contributed by atoms with Crippen molar-refractivity contribution in [3.05, 3.63) is 65.2 Å². The van der Waals surface area contributed by atoms with Gasteiger partial charge in [0.2, 0.25) is 10.0 Å². The summed E-state index contributed by atoms with van der Waals surface area (Å²) in [5.74, 6) is 0. The lowest BCUT2D eigenvalue weighted by Gasteiger charge is -2.14. The van der Waals surface area contributed by atoms with Gasteiger partial charge < -0.3 is 0 Å². The van der Waals surface area contributed by atoms with Crippen LogP contribution in [0.15, 0.2) is 53.4 Å². The van der Waals surface area contributed by atoms with Crippen LogP contribution in [0.1, 0.15) is 16.7 Å². The number of benzene rings is 2. The van der Waals surface area contributed by atoms with E-state index in [2.05, 4.69) is 0 Å².